The Hall–Kier alpha value is -2.07. The molecule has 1 heterocycles. The first-order valence-corrected chi connectivity index (χ1v) is 5.64. The van der Waals surface area contributed by atoms with Crippen molar-refractivity contribution in [3.05, 3.63) is 53.7 Å². The normalized spacial score (nSPS) is 10.1. The molecule has 0 aliphatic carbocycles. The Kier molecular flexibility index (Phi) is 4.15. The van der Waals surface area contributed by atoms with Crippen LogP contribution in [0.1, 0.15) is 11.1 Å². The lowest BCUT2D eigenvalue weighted by molar-refractivity contribution is 0.280. The molecule has 1 aromatic carbocycles. The predicted molar refractivity (Wildman–Crippen MR) is 67.5 cm³/mol. The van der Waals surface area contributed by atoms with Crippen LogP contribution in [0, 0.1) is 0 Å². The van der Waals surface area contributed by atoms with Gasteiger partial charge in [-0.1, -0.05) is 12.1 Å². The summed E-state index contributed by atoms with van der Waals surface area (Å²) in [5.74, 6) is 1.32. The fourth-order valence-electron chi connectivity index (χ4n) is 1.57. The number of ether oxygens (including phenoxy) is 2. The van der Waals surface area contributed by atoms with E-state index in [1.54, 1.807) is 13.3 Å². The monoisotopic (exact) mass is 245 g/mol. The topological polar surface area (TPSA) is 51.6 Å². The van der Waals surface area contributed by atoms with Crippen LogP contribution >= 0.6 is 0 Å². The molecule has 1 N–H and O–H groups in total. The second-order valence-corrected chi connectivity index (χ2v) is 3.76. The Morgan fingerprint density at radius 2 is 1.94 bits per heavy atom. The molecule has 2 rings (SSSR count). The van der Waals surface area contributed by atoms with Gasteiger partial charge in [0, 0.05) is 6.20 Å². The summed E-state index contributed by atoms with van der Waals surface area (Å²) in [5.41, 5.74) is 1.76. The smallest absolute Gasteiger partial charge is 0.219 e. The van der Waals surface area contributed by atoms with Gasteiger partial charge in [-0.25, -0.2) is 4.98 Å². The molecule has 0 bridgehead atoms. The molecule has 0 saturated heterocycles. The van der Waals surface area contributed by atoms with Crippen molar-refractivity contribution >= 4 is 0 Å². The lowest BCUT2D eigenvalue weighted by Gasteiger charge is -2.09. The molecule has 18 heavy (non-hydrogen) atoms. The third kappa shape index (κ3) is 2.99. The number of pyridine rings is 1. The molecule has 94 valence electrons. The Bertz CT molecular complexity index is 497. The van der Waals surface area contributed by atoms with Crippen molar-refractivity contribution in [1.29, 1.82) is 0 Å². The Morgan fingerprint density at radius 1 is 1.17 bits per heavy atom. The maximum Gasteiger partial charge on any atom is 0.219 e. The lowest BCUT2D eigenvalue weighted by Crippen LogP contribution is -2.00. The molecule has 4 nitrogen and oxygen atoms in total. The number of aliphatic hydroxyl groups is 1. The number of hydrogen-bond donors (Lipinski definition) is 1. The van der Waals surface area contributed by atoms with Gasteiger partial charge in [0.1, 0.15) is 12.4 Å². The molecule has 0 aliphatic rings. The summed E-state index contributed by atoms with van der Waals surface area (Å²) < 4.78 is 10.8. The minimum atomic E-state index is 0.0384. The van der Waals surface area contributed by atoms with Gasteiger partial charge in [0.15, 0.2) is 0 Å². The molecule has 1 aromatic heterocycles. The molecule has 0 spiro atoms. The summed E-state index contributed by atoms with van der Waals surface area (Å²) in [5, 5.41) is 8.94. The van der Waals surface area contributed by atoms with E-state index >= 15 is 0 Å². The van der Waals surface area contributed by atoms with Gasteiger partial charge in [-0.05, 0) is 29.8 Å². The lowest BCUT2D eigenvalue weighted by atomic mass is 10.2. The van der Waals surface area contributed by atoms with Gasteiger partial charge in [-0.15, -0.1) is 0 Å². The molecule has 4 heteroatoms. The highest BCUT2D eigenvalue weighted by molar-refractivity contribution is 5.29. The first kappa shape index (κ1) is 12.4. The first-order valence-electron chi connectivity index (χ1n) is 5.64. The molecule has 0 radical (unpaired) electrons. The first-order chi connectivity index (χ1) is 8.83. The van der Waals surface area contributed by atoms with Gasteiger partial charge in [-0.3, -0.25) is 0 Å². The van der Waals surface area contributed by atoms with Crippen molar-refractivity contribution in [3.8, 4) is 11.6 Å². The minimum Gasteiger partial charge on any atom is -0.489 e. The van der Waals surface area contributed by atoms with Crippen LogP contribution in [0.4, 0.5) is 0 Å². The number of aromatic nitrogens is 1. The van der Waals surface area contributed by atoms with E-state index in [4.69, 9.17) is 14.6 Å². The van der Waals surface area contributed by atoms with Crippen molar-refractivity contribution in [1.82, 2.24) is 4.98 Å². The Balaban J connectivity index is 2.02. The van der Waals surface area contributed by atoms with Crippen molar-refractivity contribution in [2.75, 3.05) is 7.11 Å². The minimum absolute atomic E-state index is 0.0384. The van der Waals surface area contributed by atoms with E-state index in [0.29, 0.717) is 12.5 Å². The Labute approximate surface area is 106 Å². The van der Waals surface area contributed by atoms with Crippen LogP contribution in [0.3, 0.4) is 0 Å². The summed E-state index contributed by atoms with van der Waals surface area (Å²) in [7, 11) is 1.59. The van der Waals surface area contributed by atoms with E-state index in [2.05, 4.69) is 4.98 Å². The standard InChI is InChI=1S/C14H15NO3/c1-17-14-12(3-2-8-15-14)10-18-13-6-4-11(9-16)5-7-13/h2-8,16H,9-10H2,1H3. The number of hydrogen-bond acceptors (Lipinski definition) is 4. The van der Waals surface area contributed by atoms with Crippen LogP contribution in [-0.4, -0.2) is 17.2 Å². The van der Waals surface area contributed by atoms with Gasteiger partial charge in [0.25, 0.3) is 0 Å². The molecule has 2 aromatic rings. The summed E-state index contributed by atoms with van der Waals surface area (Å²) >= 11 is 0. The molecular formula is C14H15NO3. The van der Waals surface area contributed by atoms with Crippen LogP contribution in [0.15, 0.2) is 42.6 Å². The van der Waals surface area contributed by atoms with Crippen LogP contribution in [-0.2, 0) is 13.2 Å². The molecule has 0 saturated carbocycles. The number of nitrogens with zero attached hydrogens (tertiary/aromatic N) is 1. The number of benzene rings is 1. The zero-order chi connectivity index (χ0) is 12.8. The van der Waals surface area contributed by atoms with Crippen molar-refractivity contribution in [2.24, 2.45) is 0 Å². The second-order valence-electron chi connectivity index (χ2n) is 3.76. The molecule has 0 aliphatic heterocycles. The van der Waals surface area contributed by atoms with E-state index in [0.717, 1.165) is 16.9 Å². The van der Waals surface area contributed by atoms with E-state index in [1.807, 2.05) is 36.4 Å². The van der Waals surface area contributed by atoms with Crippen LogP contribution in [0.25, 0.3) is 0 Å². The highest BCUT2D eigenvalue weighted by Gasteiger charge is 2.04. The highest BCUT2D eigenvalue weighted by atomic mass is 16.5. The van der Waals surface area contributed by atoms with Gasteiger partial charge in [0.2, 0.25) is 5.88 Å². The average molecular weight is 245 g/mol. The summed E-state index contributed by atoms with van der Waals surface area (Å²) in [6.07, 6.45) is 1.68. The van der Waals surface area contributed by atoms with E-state index in [1.165, 1.54) is 0 Å². The number of rotatable bonds is 5. The van der Waals surface area contributed by atoms with Crippen LogP contribution in [0.2, 0.25) is 0 Å². The molecule has 0 amide bonds. The maximum absolute atomic E-state index is 8.94. The zero-order valence-electron chi connectivity index (χ0n) is 10.2. The molecule has 0 unspecified atom stereocenters. The SMILES string of the molecule is COc1ncccc1COc1ccc(CO)cc1. The van der Waals surface area contributed by atoms with Crippen LogP contribution < -0.4 is 9.47 Å². The average Bonchev–Trinajstić information content (AvgIpc) is 2.46. The van der Waals surface area contributed by atoms with Crippen molar-refractivity contribution in [3.63, 3.8) is 0 Å². The predicted octanol–water partition coefficient (Wildman–Crippen LogP) is 2.16. The second kappa shape index (κ2) is 6.02. The quantitative estimate of drug-likeness (QED) is 0.877. The summed E-state index contributed by atoms with van der Waals surface area (Å²) in [4.78, 5) is 4.10. The number of aliphatic hydroxyl groups excluding tert-OH is 1. The fourth-order valence-corrected chi connectivity index (χ4v) is 1.57. The van der Waals surface area contributed by atoms with Gasteiger partial charge < -0.3 is 14.6 Å². The van der Waals surface area contributed by atoms with E-state index < -0.39 is 0 Å². The third-order valence-electron chi connectivity index (χ3n) is 2.54. The van der Waals surface area contributed by atoms with Gasteiger partial charge in [0.05, 0.1) is 19.3 Å². The highest BCUT2D eigenvalue weighted by Crippen LogP contribution is 2.18. The van der Waals surface area contributed by atoms with Crippen LogP contribution in [0.5, 0.6) is 11.6 Å². The molecule has 0 fully saturated rings. The molecule has 0 atom stereocenters. The Morgan fingerprint density at radius 3 is 2.61 bits per heavy atom. The summed E-state index contributed by atoms with van der Waals surface area (Å²) in [6, 6.07) is 11.1. The maximum atomic E-state index is 8.94. The third-order valence-corrected chi connectivity index (χ3v) is 2.54. The van der Waals surface area contributed by atoms with Gasteiger partial charge in [-0.2, -0.15) is 0 Å². The summed E-state index contributed by atoms with van der Waals surface area (Å²) in [6.45, 7) is 0.437. The van der Waals surface area contributed by atoms with E-state index in [-0.39, 0.29) is 6.61 Å². The molecular weight excluding hydrogens is 230 g/mol. The fraction of sp³-hybridized carbons (Fsp3) is 0.214. The van der Waals surface area contributed by atoms with Crippen molar-refractivity contribution in [2.45, 2.75) is 13.2 Å². The number of methoxy groups -OCH3 is 1. The zero-order valence-corrected chi connectivity index (χ0v) is 10.2. The van der Waals surface area contributed by atoms with Crippen molar-refractivity contribution < 1.29 is 14.6 Å². The van der Waals surface area contributed by atoms with Gasteiger partial charge >= 0.3 is 0 Å². The largest absolute Gasteiger partial charge is 0.489 e. The van der Waals surface area contributed by atoms with E-state index in [9.17, 15) is 0 Å².